The van der Waals surface area contributed by atoms with E-state index < -0.39 is 0 Å². The average Bonchev–Trinajstić information content (AvgIpc) is 2.69. The van der Waals surface area contributed by atoms with Crippen LogP contribution in [0.3, 0.4) is 0 Å². The molecule has 2 atom stereocenters. The van der Waals surface area contributed by atoms with E-state index in [-0.39, 0.29) is 5.92 Å². The van der Waals surface area contributed by atoms with Crippen molar-refractivity contribution in [3.05, 3.63) is 29.8 Å². The van der Waals surface area contributed by atoms with E-state index >= 15 is 0 Å². The largest absolute Gasteiger partial charge is 0.493 e. The lowest BCUT2D eigenvalue weighted by atomic mass is 9.85. The Morgan fingerprint density at radius 2 is 2.00 bits per heavy atom. The summed E-state index contributed by atoms with van der Waals surface area (Å²) in [5.74, 6) is 2.20. The molecule has 0 amide bonds. The van der Waals surface area contributed by atoms with Crippen molar-refractivity contribution in [3.63, 3.8) is 0 Å². The molecule has 0 aromatic heterocycles. The molecule has 0 bridgehead atoms. The summed E-state index contributed by atoms with van der Waals surface area (Å²) < 4.78 is 5.71. The second-order valence-corrected chi connectivity index (χ2v) is 5.54. The summed E-state index contributed by atoms with van der Waals surface area (Å²) in [6.07, 6.45) is 6.38. The Balaban J connectivity index is 1.72. The average molecular weight is 244 g/mol. The summed E-state index contributed by atoms with van der Waals surface area (Å²) in [5.41, 5.74) is 1.30. The third-order valence-corrected chi connectivity index (χ3v) is 4.30. The van der Waals surface area contributed by atoms with Gasteiger partial charge in [-0.3, -0.25) is 4.79 Å². The molecular formula is C16H20O2. The number of Topliss-reactive ketones (excluding diaryl/α,β-unsaturated/α-hetero) is 1. The van der Waals surface area contributed by atoms with Crippen molar-refractivity contribution in [3.8, 4) is 5.75 Å². The fourth-order valence-electron chi connectivity index (χ4n) is 3.25. The summed E-state index contributed by atoms with van der Waals surface area (Å²) in [6, 6.07) is 8.26. The Kier molecular flexibility index (Phi) is 3.35. The molecule has 0 spiro atoms. The Bertz CT molecular complexity index is 438. The topological polar surface area (TPSA) is 26.3 Å². The summed E-state index contributed by atoms with van der Waals surface area (Å²) >= 11 is 0. The standard InChI is InChI=1S/C16H20O2/c17-15-8-3-1-2-6-12(15)10-13-11-18-16-9-5-4-7-14(13)16/h4-5,7,9,12-13H,1-3,6,8,10-11H2. The van der Waals surface area contributed by atoms with E-state index in [4.69, 9.17) is 4.74 Å². The van der Waals surface area contributed by atoms with Gasteiger partial charge in [0, 0.05) is 23.8 Å². The van der Waals surface area contributed by atoms with Crippen LogP contribution in [0.5, 0.6) is 5.75 Å². The van der Waals surface area contributed by atoms with Gasteiger partial charge in [0.15, 0.2) is 0 Å². The summed E-state index contributed by atoms with van der Waals surface area (Å²) in [6.45, 7) is 0.753. The molecule has 0 saturated heterocycles. The highest BCUT2D eigenvalue weighted by Gasteiger charge is 2.29. The first-order valence-corrected chi connectivity index (χ1v) is 7.09. The molecule has 1 aliphatic carbocycles. The molecule has 0 N–H and O–H groups in total. The Morgan fingerprint density at radius 3 is 2.94 bits per heavy atom. The van der Waals surface area contributed by atoms with E-state index in [1.54, 1.807) is 0 Å². The smallest absolute Gasteiger partial charge is 0.136 e. The monoisotopic (exact) mass is 244 g/mol. The van der Waals surface area contributed by atoms with Crippen molar-refractivity contribution in [2.24, 2.45) is 5.92 Å². The number of fused-ring (bicyclic) bond motifs is 1. The van der Waals surface area contributed by atoms with Crippen molar-refractivity contribution in [1.29, 1.82) is 0 Å². The van der Waals surface area contributed by atoms with E-state index in [1.165, 1.54) is 18.4 Å². The fraction of sp³-hybridized carbons (Fsp3) is 0.562. The molecule has 2 unspecified atom stereocenters. The highest BCUT2D eigenvalue weighted by atomic mass is 16.5. The maximum absolute atomic E-state index is 12.1. The van der Waals surface area contributed by atoms with Crippen molar-refractivity contribution in [1.82, 2.24) is 0 Å². The first-order chi connectivity index (χ1) is 8.84. The van der Waals surface area contributed by atoms with Crippen molar-refractivity contribution >= 4 is 5.78 Å². The molecule has 1 aliphatic heterocycles. The highest BCUT2D eigenvalue weighted by molar-refractivity contribution is 5.81. The first kappa shape index (κ1) is 11.8. The molecule has 2 aliphatic rings. The van der Waals surface area contributed by atoms with Crippen molar-refractivity contribution in [2.45, 2.75) is 44.4 Å². The maximum Gasteiger partial charge on any atom is 0.136 e. The van der Waals surface area contributed by atoms with Gasteiger partial charge in [0.25, 0.3) is 0 Å². The van der Waals surface area contributed by atoms with E-state index in [0.717, 1.165) is 38.0 Å². The van der Waals surface area contributed by atoms with E-state index in [1.807, 2.05) is 12.1 Å². The van der Waals surface area contributed by atoms with Crippen molar-refractivity contribution in [2.75, 3.05) is 6.61 Å². The molecule has 2 nitrogen and oxygen atoms in total. The Hall–Kier alpha value is -1.31. The van der Waals surface area contributed by atoms with E-state index in [9.17, 15) is 4.79 Å². The molecule has 1 aromatic carbocycles. The van der Waals surface area contributed by atoms with Crippen LogP contribution in [0.15, 0.2) is 24.3 Å². The van der Waals surface area contributed by atoms with Crippen LogP contribution in [0, 0.1) is 5.92 Å². The highest BCUT2D eigenvalue weighted by Crippen LogP contribution is 2.39. The minimum atomic E-state index is 0.271. The number of ether oxygens (including phenoxy) is 1. The third kappa shape index (κ3) is 2.29. The van der Waals surface area contributed by atoms with Crippen LogP contribution < -0.4 is 4.74 Å². The van der Waals surface area contributed by atoms with Crippen LogP contribution in [0.2, 0.25) is 0 Å². The number of para-hydroxylation sites is 1. The van der Waals surface area contributed by atoms with Gasteiger partial charge in [-0.1, -0.05) is 31.0 Å². The lowest BCUT2D eigenvalue weighted by molar-refractivity contribution is -0.123. The summed E-state index contributed by atoms with van der Waals surface area (Å²) in [7, 11) is 0. The molecule has 3 rings (SSSR count). The van der Waals surface area contributed by atoms with Gasteiger partial charge in [-0.15, -0.1) is 0 Å². The molecule has 18 heavy (non-hydrogen) atoms. The van der Waals surface area contributed by atoms with Gasteiger partial charge in [0.1, 0.15) is 11.5 Å². The molecule has 1 aromatic rings. The molecule has 1 fully saturated rings. The molecule has 2 heteroatoms. The zero-order valence-corrected chi connectivity index (χ0v) is 10.7. The normalized spacial score (nSPS) is 27.4. The van der Waals surface area contributed by atoms with Gasteiger partial charge in [0.05, 0.1) is 6.61 Å². The van der Waals surface area contributed by atoms with Gasteiger partial charge in [-0.05, 0) is 25.3 Å². The second-order valence-electron chi connectivity index (χ2n) is 5.54. The van der Waals surface area contributed by atoms with Gasteiger partial charge < -0.3 is 4.74 Å². The number of rotatable bonds is 2. The SMILES string of the molecule is O=C1CCCCCC1CC1COc2ccccc21. The Labute approximate surface area is 108 Å². The predicted octanol–water partition coefficient (Wildman–Crippen LogP) is 3.70. The van der Waals surface area contributed by atoms with Gasteiger partial charge in [-0.25, -0.2) is 0 Å². The van der Waals surface area contributed by atoms with Gasteiger partial charge in [-0.2, -0.15) is 0 Å². The number of carbonyl (C=O) groups is 1. The van der Waals surface area contributed by atoms with Gasteiger partial charge in [0.2, 0.25) is 0 Å². The Morgan fingerprint density at radius 1 is 1.11 bits per heavy atom. The van der Waals surface area contributed by atoms with Crippen LogP contribution >= 0.6 is 0 Å². The third-order valence-electron chi connectivity index (χ3n) is 4.30. The van der Waals surface area contributed by atoms with Crippen LogP contribution in [-0.4, -0.2) is 12.4 Å². The lowest BCUT2D eigenvalue weighted by Crippen LogP contribution is -2.17. The first-order valence-electron chi connectivity index (χ1n) is 7.09. The number of ketones is 1. The number of benzene rings is 1. The zero-order valence-electron chi connectivity index (χ0n) is 10.7. The van der Waals surface area contributed by atoms with Crippen LogP contribution in [0.1, 0.15) is 50.0 Å². The molecule has 0 radical (unpaired) electrons. The van der Waals surface area contributed by atoms with Crippen molar-refractivity contribution < 1.29 is 9.53 Å². The molecule has 1 saturated carbocycles. The lowest BCUT2D eigenvalue weighted by Gasteiger charge is -2.17. The summed E-state index contributed by atoms with van der Waals surface area (Å²) in [4.78, 5) is 12.1. The predicted molar refractivity (Wildman–Crippen MR) is 70.9 cm³/mol. The van der Waals surface area contributed by atoms with Crippen LogP contribution in [-0.2, 0) is 4.79 Å². The van der Waals surface area contributed by atoms with Crippen LogP contribution in [0.4, 0.5) is 0 Å². The quantitative estimate of drug-likeness (QED) is 0.741. The summed E-state index contributed by atoms with van der Waals surface area (Å²) in [5, 5.41) is 0. The maximum atomic E-state index is 12.1. The second kappa shape index (κ2) is 5.13. The number of hydrogen-bond donors (Lipinski definition) is 0. The minimum absolute atomic E-state index is 0.271. The fourth-order valence-corrected chi connectivity index (χ4v) is 3.25. The van der Waals surface area contributed by atoms with Gasteiger partial charge >= 0.3 is 0 Å². The number of hydrogen-bond acceptors (Lipinski definition) is 2. The molecule has 96 valence electrons. The van der Waals surface area contributed by atoms with E-state index in [2.05, 4.69) is 12.1 Å². The molecule has 1 heterocycles. The number of carbonyl (C=O) groups excluding carboxylic acids is 1. The molecular weight excluding hydrogens is 224 g/mol. The van der Waals surface area contributed by atoms with E-state index in [0.29, 0.717) is 11.7 Å². The minimum Gasteiger partial charge on any atom is -0.493 e. The zero-order chi connectivity index (χ0) is 12.4. The van der Waals surface area contributed by atoms with Crippen LogP contribution in [0.25, 0.3) is 0 Å².